The number of halogens is 1. The largest absolute Gasteiger partial charge is 0.483 e. The van der Waals surface area contributed by atoms with Crippen LogP contribution in [0.5, 0.6) is 5.75 Å². The minimum atomic E-state index is -0.889. The van der Waals surface area contributed by atoms with Crippen LogP contribution in [0.15, 0.2) is 34.8 Å². The maximum Gasteiger partial charge on any atom is 0.331 e. The van der Waals surface area contributed by atoms with Crippen molar-refractivity contribution in [1.82, 2.24) is 0 Å². The molecule has 98 valence electrons. The molecule has 0 aromatic heterocycles. The van der Waals surface area contributed by atoms with Gasteiger partial charge >= 0.3 is 5.97 Å². The van der Waals surface area contributed by atoms with E-state index in [4.69, 9.17) is 9.47 Å². The van der Waals surface area contributed by atoms with Crippen molar-refractivity contribution in [3.05, 3.63) is 40.4 Å². The molecule has 19 heavy (non-hydrogen) atoms. The standard InChI is InChI=1S/C14H11BrO4/c1-14(6-5-12(17)19-14)11-7-10(16)8-3-2-4-9(15)13(8)18-11/h2-6,11H,7H2,1H3/t11-,14+/m0/s1. The summed E-state index contributed by atoms with van der Waals surface area (Å²) in [6, 6.07) is 5.34. The quantitative estimate of drug-likeness (QED) is 0.746. The van der Waals surface area contributed by atoms with E-state index in [2.05, 4.69) is 15.9 Å². The van der Waals surface area contributed by atoms with Crippen molar-refractivity contribution >= 4 is 27.7 Å². The average Bonchev–Trinajstić information content (AvgIpc) is 2.72. The van der Waals surface area contributed by atoms with E-state index in [9.17, 15) is 9.59 Å². The van der Waals surface area contributed by atoms with Crippen LogP contribution in [0.25, 0.3) is 0 Å². The minimum Gasteiger partial charge on any atom is -0.483 e. The number of benzene rings is 1. The van der Waals surface area contributed by atoms with Crippen molar-refractivity contribution in [2.24, 2.45) is 0 Å². The van der Waals surface area contributed by atoms with Gasteiger partial charge in [0.2, 0.25) is 0 Å². The molecule has 0 spiro atoms. The molecule has 1 aromatic rings. The molecule has 0 unspecified atom stereocenters. The van der Waals surface area contributed by atoms with E-state index in [1.165, 1.54) is 6.08 Å². The molecule has 2 heterocycles. The van der Waals surface area contributed by atoms with Gasteiger partial charge in [0.15, 0.2) is 11.4 Å². The van der Waals surface area contributed by atoms with Crippen molar-refractivity contribution in [2.75, 3.05) is 0 Å². The summed E-state index contributed by atoms with van der Waals surface area (Å²) in [5.41, 5.74) is -0.331. The van der Waals surface area contributed by atoms with Gasteiger partial charge in [-0.1, -0.05) is 6.07 Å². The topological polar surface area (TPSA) is 52.6 Å². The lowest BCUT2D eigenvalue weighted by atomic mass is 9.90. The number of ketones is 1. The number of Topliss-reactive ketones (excluding diaryl/α,β-unsaturated/α-hetero) is 1. The van der Waals surface area contributed by atoms with Crippen LogP contribution in [0.4, 0.5) is 0 Å². The molecule has 0 saturated heterocycles. The predicted molar refractivity (Wildman–Crippen MR) is 71.1 cm³/mol. The fourth-order valence-corrected chi connectivity index (χ4v) is 2.78. The third-order valence-electron chi connectivity index (χ3n) is 3.41. The summed E-state index contributed by atoms with van der Waals surface area (Å²) in [5.74, 6) is 0.0999. The van der Waals surface area contributed by atoms with Gasteiger partial charge in [0.05, 0.1) is 16.5 Å². The maximum atomic E-state index is 12.2. The number of rotatable bonds is 1. The van der Waals surface area contributed by atoms with Crippen LogP contribution in [0.2, 0.25) is 0 Å². The first-order chi connectivity index (χ1) is 8.99. The van der Waals surface area contributed by atoms with Crippen molar-refractivity contribution < 1.29 is 19.1 Å². The summed E-state index contributed by atoms with van der Waals surface area (Å²) >= 11 is 3.37. The SMILES string of the molecule is C[C@]1([C@@H]2CC(=O)c3cccc(Br)c3O2)C=CC(=O)O1. The van der Waals surface area contributed by atoms with E-state index in [0.29, 0.717) is 11.3 Å². The van der Waals surface area contributed by atoms with Gasteiger partial charge < -0.3 is 9.47 Å². The van der Waals surface area contributed by atoms with E-state index < -0.39 is 17.7 Å². The van der Waals surface area contributed by atoms with Gasteiger partial charge in [0, 0.05) is 6.08 Å². The summed E-state index contributed by atoms with van der Waals surface area (Å²) in [5, 5.41) is 0. The third kappa shape index (κ3) is 1.98. The lowest BCUT2D eigenvalue weighted by Gasteiger charge is -2.35. The molecule has 0 bridgehead atoms. The summed E-state index contributed by atoms with van der Waals surface area (Å²) in [4.78, 5) is 23.4. The summed E-state index contributed by atoms with van der Waals surface area (Å²) in [6.45, 7) is 1.74. The zero-order valence-corrected chi connectivity index (χ0v) is 11.8. The highest BCUT2D eigenvalue weighted by Crippen LogP contribution is 2.39. The number of fused-ring (bicyclic) bond motifs is 1. The molecule has 2 atom stereocenters. The van der Waals surface area contributed by atoms with E-state index in [1.807, 2.05) is 6.07 Å². The highest BCUT2D eigenvalue weighted by molar-refractivity contribution is 9.10. The van der Waals surface area contributed by atoms with Crippen molar-refractivity contribution in [3.8, 4) is 5.75 Å². The zero-order chi connectivity index (χ0) is 13.6. The summed E-state index contributed by atoms with van der Waals surface area (Å²) < 4.78 is 11.8. The molecule has 0 fully saturated rings. The van der Waals surface area contributed by atoms with E-state index in [1.54, 1.807) is 25.1 Å². The van der Waals surface area contributed by atoms with Crippen LogP contribution in [-0.2, 0) is 9.53 Å². The number of para-hydroxylation sites is 1. The first kappa shape index (κ1) is 12.4. The number of hydrogen-bond donors (Lipinski definition) is 0. The van der Waals surface area contributed by atoms with Crippen molar-refractivity contribution in [3.63, 3.8) is 0 Å². The number of ether oxygens (including phenoxy) is 2. The fourth-order valence-electron chi connectivity index (χ4n) is 2.32. The predicted octanol–water partition coefficient (Wildman–Crippen LogP) is 2.65. The van der Waals surface area contributed by atoms with Gasteiger partial charge in [-0.05, 0) is 41.1 Å². The Morgan fingerprint density at radius 3 is 2.84 bits per heavy atom. The molecule has 2 aliphatic heterocycles. The monoisotopic (exact) mass is 322 g/mol. The molecule has 0 saturated carbocycles. The molecule has 1 aromatic carbocycles. The number of hydrogen-bond acceptors (Lipinski definition) is 4. The number of esters is 1. The molecule has 0 radical (unpaired) electrons. The highest BCUT2D eigenvalue weighted by atomic mass is 79.9. The Morgan fingerprint density at radius 2 is 2.16 bits per heavy atom. The number of carbonyl (C=O) groups excluding carboxylic acids is 2. The lowest BCUT2D eigenvalue weighted by molar-refractivity contribution is -0.151. The molecule has 4 nitrogen and oxygen atoms in total. The molecule has 3 rings (SSSR count). The van der Waals surface area contributed by atoms with E-state index in [0.717, 1.165) is 4.47 Å². The smallest absolute Gasteiger partial charge is 0.331 e. The molecule has 5 heteroatoms. The number of carbonyl (C=O) groups is 2. The highest BCUT2D eigenvalue weighted by Gasteiger charge is 2.44. The second kappa shape index (κ2) is 4.20. The molecular formula is C14H11BrO4. The Balaban J connectivity index is 1.98. The zero-order valence-electron chi connectivity index (χ0n) is 10.2. The van der Waals surface area contributed by atoms with E-state index in [-0.39, 0.29) is 12.2 Å². The normalized spacial score (nSPS) is 28.8. The van der Waals surface area contributed by atoms with Gasteiger partial charge in [-0.3, -0.25) is 4.79 Å². The van der Waals surface area contributed by atoms with Crippen LogP contribution in [0, 0.1) is 0 Å². The van der Waals surface area contributed by atoms with Crippen LogP contribution >= 0.6 is 15.9 Å². The summed E-state index contributed by atoms with van der Waals surface area (Å²) in [7, 11) is 0. The van der Waals surface area contributed by atoms with Gasteiger partial charge in [0.1, 0.15) is 11.9 Å². The first-order valence-corrected chi connectivity index (χ1v) is 6.69. The van der Waals surface area contributed by atoms with Crippen LogP contribution in [0.3, 0.4) is 0 Å². The van der Waals surface area contributed by atoms with Gasteiger partial charge in [-0.15, -0.1) is 0 Å². The second-order valence-electron chi connectivity index (χ2n) is 4.79. The molecule has 0 aliphatic carbocycles. The Labute approximate surface area is 118 Å². The van der Waals surface area contributed by atoms with Crippen LogP contribution in [-0.4, -0.2) is 23.5 Å². The molecule has 0 amide bonds. The lowest BCUT2D eigenvalue weighted by Crippen LogP contribution is -2.46. The molecule has 0 N–H and O–H groups in total. The Bertz CT molecular complexity index is 607. The maximum absolute atomic E-state index is 12.2. The minimum absolute atomic E-state index is 0.00914. The van der Waals surface area contributed by atoms with Gasteiger partial charge in [0.25, 0.3) is 0 Å². The average molecular weight is 323 g/mol. The first-order valence-electron chi connectivity index (χ1n) is 5.90. The third-order valence-corrected chi connectivity index (χ3v) is 4.03. The molecular weight excluding hydrogens is 312 g/mol. The van der Waals surface area contributed by atoms with Gasteiger partial charge in [-0.25, -0.2) is 4.79 Å². The van der Waals surface area contributed by atoms with Crippen LogP contribution in [0.1, 0.15) is 23.7 Å². The Hall–Kier alpha value is -1.62. The second-order valence-corrected chi connectivity index (χ2v) is 5.64. The van der Waals surface area contributed by atoms with Crippen LogP contribution < -0.4 is 4.74 Å². The van der Waals surface area contributed by atoms with E-state index >= 15 is 0 Å². The number of cyclic esters (lactones) is 1. The van der Waals surface area contributed by atoms with Gasteiger partial charge in [-0.2, -0.15) is 0 Å². The summed E-state index contributed by atoms with van der Waals surface area (Å²) in [6.07, 6.45) is 2.70. The molecule has 2 aliphatic rings. The van der Waals surface area contributed by atoms with Crippen molar-refractivity contribution in [2.45, 2.75) is 25.0 Å². The van der Waals surface area contributed by atoms with Crippen molar-refractivity contribution in [1.29, 1.82) is 0 Å². The Kier molecular flexibility index (Phi) is 2.74. The Morgan fingerprint density at radius 1 is 1.37 bits per heavy atom. The fraction of sp³-hybridized carbons (Fsp3) is 0.286.